The number of ether oxygens (including phenoxy) is 3. The largest absolute Gasteiger partial charge is 0.490 e. The van der Waals surface area contributed by atoms with Gasteiger partial charge in [0.2, 0.25) is 0 Å². The molecule has 2 rings (SSSR count). The van der Waals surface area contributed by atoms with Crippen molar-refractivity contribution in [2.45, 2.75) is 46.6 Å². The van der Waals surface area contributed by atoms with E-state index < -0.39 is 5.60 Å². The van der Waals surface area contributed by atoms with Crippen LogP contribution >= 0.6 is 0 Å². The zero-order valence-corrected chi connectivity index (χ0v) is 18.9. The molecule has 1 aromatic carbocycles. The van der Waals surface area contributed by atoms with Gasteiger partial charge in [-0.05, 0) is 58.7 Å². The number of nitrogens with zero attached hydrogens (tertiary/aromatic N) is 3. The van der Waals surface area contributed by atoms with Gasteiger partial charge in [-0.3, -0.25) is 4.99 Å². The molecule has 0 bridgehead atoms. The van der Waals surface area contributed by atoms with E-state index in [1.54, 1.807) is 4.90 Å². The molecule has 0 saturated carbocycles. The third-order valence-corrected chi connectivity index (χ3v) is 4.54. The van der Waals surface area contributed by atoms with E-state index in [0.717, 1.165) is 23.5 Å². The maximum Gasteiger partial charge on any atom is 0.410 e. The molecule has 0 radical (unpaired) electrons. The maximum atomic E-state index is 12.2. The number of aliphatic imine (C=N–C) groups is 1. The molecule has 1 aromatic rings. The molecule has 30 heavy (non-hydrogen) atoms. The van der Waals surface area contributed by atoms with Gasteiger partial charge in [-0.15, -0.1) is 0 Å². The number of carbonyl (C=O) groups is 1. The molecule has 8 heteroatoms. The minimum Gasteiger partial charge on any atom is -0.490 e. The lowest BCUT2D eigenvalue weighted by Crippen LogP contribution is -2.53. The zero-order valence-electron chi connectivity index (χ0n) is 18.9. The summed E-state index contributed by atoms with van der Waals surface area (Å²) in [5.41, 5.74) is 6.80. The highest BCUT2D eigenvalue weighted by Crippen LogP contribution is 2.28. The predicted molar refractivity (Wildman–Crippen MR) is 118 cm³/mol. The number of amides is 1. The molecule has 168 valence electrons. The van der Waals surface area contributed by atoms with Crippen LogP contribution in [0.2, 0.25) is 0 Å². The average Bonchev–Trinajstić information content (AvgIpc) is 2.69. The predicted octanol–water partition coefficient (Wildman–Crippen LogP) is 2.89. The van der Waals surface area contributed by atoms with Crippen molar-refractivity contribution >= 4 is 12.1 Å². The van der Waals surface area contributed by atoms with Crippen LogP contribution in [-0.4, -0.2) is 73.4 Å². The summed E-state index contributed by atoms with van der Waals surface area (Å²) in [5, 5.41) is 0. The molecule has 1 aliphatic rings. The van der Waals surface area contributed by atoms with E-state index in [-0.39, 0.29) is 6.09 Å². The number of piperazine rings is 1. The number of hydrogen-bond acceptors (Lipinski definition) is 5. The number of hydrogen-bond donors (Lipinski definition) is 1. The Labute approximate surface area is 180 Å². The summed E-state index contributed by atoms with van der Waals surface area (Å²) in [5.74, 6) is 2.02. The van der Waals surface area contributed by atoms with Crippen molar-refractivity contribution in [1.82, 2.24) is 9.80 Å². The van der Waals surface area contributed by atoms with Gasteiger partial charge in [-0.25, -0.2) is 4.79 Å². The second kappa shape index (κ2) is 10.9. The fraction of sp³-hybridized carbons (Fsp3) is 0.636. The third-order valence-electron chi connectivity index (χ3n) is 4.54. The second-order valence-corrected chi connectivity index (χ2v) is 8.09. The Hall–Kier alpha value is -2.64. The van der Waals surface area contributed by atoms with Crippen LogP contribution in [0.5, 0.6) is 11.5 Å². The maximum absolute atomic E-state index is 12.2. The van der Waals surface area contributed by atoms with Crippen molar-refractivity contribution in [2.75, 3.05) is 45.9 Å². The van der Waals surface area contributed by atoms with Crippen LogP contribution in [0, 0.1) is 0 Å². The third kappa shape index (κ3) is 7.31. The quantitative estimate of drug-likeness (QED) is 0.539. The minimum absolute atomic E-state index is 0.279. The fourth-order valence-corrected chi connectivity index (χ4v) is 3.10. The molecule has 0 aromatic heterocycles. The molecular formula is C22H36N4O4. The lowest BCUT2D eigenvalue weighted by Gasteiger charge is -2.36. The van der Waals surface area contributed by atoms with Crippen LogP contribution in [-0.2, 0) is 11.2 Å². The second-order valence-electron chi connectivity index (χ2n) is 8.09. The van der Waals surface area contributed by atoms with Gasteiger partial charge in [0, 0.05) is 32.7 Å². The molecule has 2 N–H and O–H groups in total. The average molecular weight is 421 g/mol. The summed E-state index contributed by atoms with van der Waals surface area (Å²) in [4.78, 5) is 20.4. The standard InChI is InChI=1S/C22H36N4O4/c1-6-28-18-9-8-17(16-19(18)29-7-2)10-11-24-20(23)25-12-14-26(15-13-25)21(27)30-22(3,4)5/h8-9,16H,6-7,10-15H2,1-5H3,(H2,23,24). The van der Waals surface area contributed by atoms with Gasteiger partial charge < -0.3 is 29.7 Å². The molecule has 1 heterocycles. The molecule has 8 nitrogen and oxygen atoms in total. The Kier molecular flexibility index (Phi) is 8.62. The van der Waals surface area contributed by atoms with Crippen molar-refractivity contribution in [3.63, 3.8) is 0 Å². The Bertz CT molecular complexity index is 722. The van der Waals surface area contributed by atoms with Crippen molar-refractivity contribution in [3.05, 3.63) is 23.8 Å². The number of benzene rings is 1. The first-order valence-corrected chi connectivity index (χ1v) is 10.6. The monoisotopic (exact) mass is 420 g/mol. The number of carbonyl (C=O) groups excluding carboxylic acids is 1. The summed E-state index contributed by atoms with van der Waals surface area (Å²) < 4.78 is 16.7. The highest BCUT2D eigenvalue weighted by atomic mass is 16.6. The van der Waals surface area contributed by atoms with E-state index in [0.29, 0.717) is 51.9 Å². The van der Waals surface area contributed by atoms with Gasteiger partial charge >= 0.3 is 6.09 Å². The molecular weight excluding hydrogens is 384 g/mol. The van der Waals surface area contributed by atoms with Crippen LogP contribution in [0.25, 0.3) is 0 Å². The first-order chi connectivity index (χ1) is 14.2. The highest BCUT2D eigenvalue weighted by Gasteiger charge is 2.26. The highest BCUT2D eigenvalue weighted by molar-refractivity contribution is 5.78. The van der Waals surface area contributed by atoms with Crippen molar-refractivity contribution in [2.24, 2.45) is 10.7 Å². The van der Waals surface area contributed by atoms with Crippen LogP contribution in [0.3, 0.4) is 0 Å². The summed E-state index contributed by atoms with van der Waals surface area (Å²) in [6.07, 6.45) is 0.476. The minimum atomic E-state index is -0.488. The lowest BCUT2D eigenvalue weighted by atomic mass is 10.1. The number of guanidine groups is 1. The van der Waals surface area contributed by atoms with Gasteiger partial charge in [0.1, 0.15) is 5.60 Å². The molecule has 1 aliphatic heterocycles. The normalized spacial score (nSPS) is 15.2. The number of nitrogens with two attached hydrogens (primary N) is 1. The number of rotatable bonds is 7. The molecule has 0 unspecified atom stereocenters. The summed E-state index contributed by atoms with van der Waals surface area (Å²) in [7, 11) is 0. The Morgan fingerprint density at radius 3 is 2.23 bits per heavy atom. The molecule has 0 aliphatic carbocycles. The smallest absolute Gasteiger partial charge is 0.410 e. The van der Waals surface area contributed by atoms with Crippen LogP contribution in [0.15, 0.2) is 23.2 Å². The Morgan fingerprint density at radius 2 is 1.63 bits per heavy atom. The van der Waals surface area contributed by atoms with E-state index in [9.17, 15) is 4.79 Å². The lowest BCUT2D eigenvalue weighted by molar-refractivity contribution is 0.0186. The van der Waals surface area contributed by atoms with E-state index in [4.69, 9.17) is 19.9 Å². The van der Waals surface area contributed by atoms with E-state index in [1.807, 2.05) is 57.7 Å². The van der Waals surface area contributed by atoms with E-state index in [1.165, 1.54) is 0 Å². The summed E-state index contributed by atoms with van der Waals surface area (Å²) in [6, 6.07) is 5.96. The van der Waals surface area contributed by atoms with Gasteiger partial charge in [-0.2, -0.15) is 0 Å². The Balaban J connectivity index is 1.85. The van der Waals surface area contributed by atoms with Crippen molar-refractivity contribution in [1.29, 1.82) is 0 Å². The van der Waals surface area contributed by atoms with Gasteiger partial charge in [-0.1, -0.05) is 6.07 Å². The van der Waals surface area contributed by atoms with Crippen LogP contribution in [0.4, 0.5) is 4.79 Å². The molecule has 0 spiro atoms. The zero-order chi connectivity index (χ0) is 22.1. The van der Waals surface area contributed by atoms with Gasteiger partial charge in [0.25, 0.3) is 0 Å². The molecule has 1 fully saturated rings. The molecule has 0 atom stereocenters. The fourth-order valence-electron chi connectivity index (χ4n) is 3.10. The van der Waals surface area contributed by atoms with E-state index >= 15 is 0 Å². The summed E-state index contributed by atoms with van der Waals surface area (Å²) in [6.45, 7) is 13.7. The Morgan fingerprint density at radius 1 is 1.03 bits per heavy atom. The summed E-state index contributed by atoms with van der Waals surface area (Å²) >= 11 is 0. The van der Waals surface area contributed by atoms with Crippen LogP contribution < -0.4 is 15.2 Å². The van der Waals surface area contributed by atoms with Gasteiger partial charge in [0.15, 0.2) is 17.5 Å². The van der Waals surface area contributed by atoms with E-state index in [2.05, 4.69) is 4.99 Å². The topological polar surface area (TPSA) is 89.6 Å². The first kappa shape index (κ1) is 23.6. The van der Waals surface area contributed by atoms with Crippen molar-refractivity contribution < 1.29 is 19.0 Å². The van der Waals surface area contributed by atoms with Crippen LogP contribution in [0.1, 0.15) is 40.2 Å². The molecule has 1 saturated heterocycles. The molecule has 1 amide bonds. The SMILES string of the molecule is CCOc1ccc(CCN=C(N)N2CCN(C(=O)OC(C)(C)C)CC2)cc1OCC. The van der Waals surface area contributed by atoms with Gasteiger partial charge in [0.05, 0.1) is 13.2 Å². The van der Waals surface area contributed by atoms with Crippen molar-refractivity contribution in [3.8, 4) is 11.5 Å². The first-order valence-electron chi connectivity index (χ1n) is 10.6.